The minimum absolute atomic E-state index is 0.216. The first-order valence-corrected chi connectivity index (χ1v) is 11.6. The molecule has 0 saturated heterocycles. The lowest BCUT2D eigenvalue weighted by Crippen LogP contribution is -2.46. The van der Waals surface area contributed by atoms with Crippen LogP contribution in [0.2, 0.25) is 0 Å². The SMILES string of the molecule is CCCCOc1cc2c(nc1C1CC1)-c1c(O)c(=O)c(C(=O)O)cn1[C@@](S)(C(C)(C)C)C2. The molecule has 0 bridgehead atoms. The molecule has 1 atom stereocenters. The maximum absolute atomic E-state index is 12.7. The zero-order valence-electron chi connectivity index (χ0n) is 18.9. The van der Waals surface area contributed by atoms with Gasteiger partial charge in [0.1, 0.15) is 17.0 Å². The zero-order chi connectivity index (χ0) is 23.4. The molecule has 0 unspecified atom stereocenters. The first-order valence-electron chi connectivity index (χ1n) is 11.1. The largest absolute Gasteiger partial charge is 0.503 e. The van der Waals surface area contributed by atoms with E-state index < -0.39 is 33.0 Å². The summed E-state index contributed by atoms with van der Waals surface area (Å²) in [6.45, 7) is 8.70. The summed E-state index contributed by atoms with van der Waals surface area (Å²) in [7, 11) is 0. The first kappa shape index (κ1) is 22.7. The number of thiol groups is 1. The summed E-state index contributed by atoms with van der Waals surface area (Å²) in [6, 6.07) is 1.97. The number of nitrogens with zero attached hydrogens (tertiary/aromatic N) is 2. The van der Waals surface area contributed by atoms with Crippen molar-refractivity contribution in [2.45, 2.75) is 70.6 Å². The molecule has 1 saturated carbocycles. The van der Waals surface area contributed by atoms with E-state index in [4.69, 9.17) is 22.3 Å². The van der Waals surface area contributed by atoms with E-state index in [2.05, 4.69) is 6.92 Å². The van der Waals surface area contributed by atoms with Crippen LogP contribution in [-0.2, 0) is 11.3 Å². The van der Waals surface area contributed by atoms with E-state index in [1.165, 1.54) is 6.20 Å². The number of unbranched alkanes of at least 4 members (excludes halogenated alkanes) is 1. The summed E-state index contributed by atoms with van der Waals surface area (Å²) in [5.74, 6) is -0.950. The molecule has 8 heteroatoms. The van der Waals surface area contributed by atoms with E-state index >= 15 is 0 Å². The summed E-state index contributed by atoms with van der Waals surface area (Å²) in [4.78, 5) is 28.4. The van der Waals surface area contributed by atoms with Gasteiger partial charge >= 0.3 is 5.97 Å². The molecule has 0 radical (unpaired) electrons. The number of carbonyl (C=O) groups is 1. The van der Waals surface area contributed by atoms with Crippen LogP contribution < -0.4 is 10.2 Å². The van der Waals surface area contributed by atoms with Gasteiger partial charge in [0.05, 0.1) is 22.9 Å². The molecule has 0 spiro atoms. The Morgan fingerprint density at radius 2 is 2.06 bits per heavy atom. The van der Waals surface area contributed by atoms with Crippen molar-refractivity contribution in [1.29, 1.82) is 0 Å². The van der Waals surface area contributed by atoms with Gasteiger partial charge in [-0.2, -0.15) is 12.6 Å². The van der Waals surface area contributed by atoms with Gasteiger partial charge in [-0.25, -0.2) is 9.78 Å². The maximum Gasteiger partial charge on any atom is 0.341 e. The standard InChI is InChI=1S/C24H30N2O5S/c1-5-6-9-31-16-10-14-11-24(32,23(2,3)4)26-12-15(22(29)30)20(27)21(28)19(26)18(14)25-17(16)13-7-8-13/h10,12-13,28,32H,5-9,11H2,1-4H3,(H,29,30)/t24-/m0/s1. The molecule has 32 heavy (non-hydrogen) atoms. The Hall–Kier alpha value is -2.48. The van der Waals surface area contributed by atoms with Crippen molar-refractivity contribution in [1.82, 2.24) is 9.55 Å². The van der Waals surface area contributed by atoms with Crippen molar-refractivity contribution in [3.8, 4) is 22.9 Å². The third-order valence-corrected chi connectivity index (χ3v) is 7.53. The quantitative estimate of drug-likeness (QED) is 0.433. The smallest absolute Gasteiger partial charge is 0.341 e. The van der Waals surface area contributed by atoms with Crippen molar-refractivity contribution < 1.29 is 19.7 Å². The third kappa shape index (κ3) is 3.58. The number of carboxylic acid groups (broad SMARTS) is 1. The topological polar surface area (TPSA) is 102 Å². The highest BCUT2D eigenvalue weighted by atomic mass is 32.1. The minimum atomic E-state index is -1.39. The molecular weight excluding hydrogens is 428 g/mol. The molecule has 7 nitrogen and oxygen atoms in total. The number of carboxylic acids is 1. The highest BCUT2D eigenvalue weighted by Gasteiger charge is 2.47. The Morgan fingerprint density at radius 3 is 2.62 bits per heavy atom. The van der Waals surface area contributed by atoms with Crippen molar-refractivity contribution in [3.05, 3.63) is 39.3 Å². The average molecular weight is 459 g/mol. The lowest BCUT2D eigenvalue weighted by atomic mass is 9.78. The molecule has 1 aliphatic carbocycles. The van der Waals surface area contributed by atoms with Crippen molar-refractivity contribution >= 4 is 18.6 Å². The van der Waals surface area contributed by atoms with E-state index in [9.17, 15) is 19.8 Å². The molecule has 3 heterocycles. The molecule has 2 N–H and O–H groups in total. The average Bonchev–Trinajstić information content (AvgIpc) is 3.54. The van der Waals surface area contributed by atoms with Crippen LogP contribution in [0, 0.1) is 5.41 Å². The predicted octanol–water partition coefficient (Wildman–Crippen LogP) is 4.56. The van der Waals surface area contributed by atoms with Crippen molar-refractivity contribution in [3.63, 3.8) is 0 Å². The van der Waals surface area contributed by atoms with Crippen LogP contribution in [-0.4, -0.2) is 32.3 Å². The van der Waals surface area contributed by atoms with Crippen LogP contribution in [0.3, 0.4) is 0 Å². The summed E-state index contributed by atoms with van der Waals surface area (Å²) in [5.41, 5.74) is 0.520. The number of hydrogen-bond donors (Lipinski definition) is 3. The Kier molecular flexibility index (Phi) is 5.56. The molecule has 1 fully saturated rings. The van der Waals surface area contributed by atoms with Gasteiger partial charge in [-0.05, 0) is 36.3 Å². The molecule has 0 amide bonds. The Labute approximate surface area is 192 Å². The van der Waals surface area contributed by atoms with Crippen LogP contribution in [0.5, 0.6) is 11.5 Å². The number of ether oxygens (including phenoxy) is 1. The number of aromatic nitrogens is 2. The van der Waals surface area contributed by atoms with Crippen LogP contribution in [0.15, 0.2) is 17.1 Å². The van der Waals surface area contributed by atoms with Gasteiger partial charge in [0.25, 0.3) is 0 Å². The van der Waals surface area contributed by atoms with Gasteiger partial charge in [-0.15, -0.1) is 0 Å². The van der Waals surface area contributed by atoms with E-state index in [0.29, 0.717) is 24.6 Å². The van der Waals surface area contributed by atoms with Crippen LogP contribution in [0.1, 0.15) is 80.9 Å². The summed E-state index contributed by atoms with van der Waals surface area (Å²) in [6.07, 6.45) is 5.74. The van der Waals surface area contributed by atoms with E-state index in [1.807, 2.05) is 26.8 Å². The Bertz CT molecular complexity index is 1150. The molecule has 0 aromatic carbocycles. The second-order valence-corrected chi connectivity index (χ2v) is 10.6. The van der Waals surface area contributed by atoms with Crippen LogP contribution >= 0.6 is 12.6 Å². The summed E-state index contributed by atoms with van der Waals surface area (Å²) < 4.78 is 7.72. The molecule has 2 aliphatic rings. The van der Waals surface area contributed by atoms with Gasteiger partial charge in [-0.3, -0.25) is 4.79 Å². The third-order valence-electron chi connectivity index (χ3n) is 6.49. The number of aromatic hydroxyl groups is 1. The summed E-state index contributed by atoms with van der Waals surface area (Å²) in [5, 5.41) is 20.4. The summed E-state index contributed by atoms with van der Waals surface area (Å²) >= 11 is 5.02. The monoisotopic (exact) mass is 458 g/mol. The van der Waals surface area contributed by atoms with Crippen LogP contribution in [0.4, 0.5) is 0 Å². The van der Waals surface area contributed by atoms with E-state index in [1.54, 1.807) is 4.57 Å². The number of rotatable bonds is 6. The van der Waals surface area contributed by atoms with E-state index in [-0.39, 0.29) is 5.69 Å². The molecule has 2 aromatic heterocycles. The molecule has 172 valence electrons. The Balaban J connectivity index is 2.00. The lowest BCUT2D eigenvalue weighted by molar-refractivity contribution is 0.0692. The normalized spacial score (nSPS) is 19.9. The van der Waals surface area contributed by atoms with Gasteiger partial charge in [0.2, 0.25) is 5.43 Å². The van der Waals surface area contributed by atoms with Crippen molar-refractivity contribution in [2.75, 3.05) is 6.61 Å². The number of hydrogen-bond acceptors (Lipinski definition) is 6. The highest BCUT2D eigenvalue weighted by Crippen LogP contribution is 2.53. The number of fused-ring (bicyclic) bond motifs is 3. The van der Waals surface area contributed by atoms with Gasteiger partial charge in [0.15, 0.2) is 5.75 Å². The highest BCUT2D eigenvalue weighted by molar-refractivity contribution is 7.81. The fraction of sp³-hybridized carbons (Fsp3) is 0.542. The molecular formula is C24H30N2O5S. The fourth-order valence-corrected chi connectivity index (χ4v) is 4.56. The molecule has 1 aliphatic heterocycles. The lowest BCUT2D eigenvalue weighted by Gasteiger charge is -2.47. The van der Waals surface area contributed by atoms with Gasteiger partial charge < -0.3 is 19.5 Å². The van der Waals surface area contributed by atoms with E-state index in [0.717, 1.165) is 42.7 Å². The zero-order valence-corrected chi connectivity index (χ0v) is 19.8. The number of pyridine rings is 2. The second kappa shape index (κ2) is 7.83. The predicted molar refractivity (Wildman–Crippen MR) is 125 cm³/mol. The maximum atomic E-state index is 12.7. The second-order valence-electron chi connectivity index (χ2n) is 9.84. The van der Waals surface area contributed by atoms with Gasteiger partial charge in [0, 0.05) is 18.5 Å². The Morgan fingerprint density at radius 1 is 1.38 bits per heavy atom. The van der Waals surface area contributed by atoms with Gasteiger partial charge in [-0.1, -0.05) is 34.1 Å². The number of aromatic carboxylic acids is 1. The minimum Gasteiger partial charge on any atom is -0.503 e. The van der Waals surface area contributed by atoms with Crippen LogP contribution in [0.25, 0.3) is 11.4 Å². The molecule has 4 rings (SSSR count). The van der Waals surface area contributed by atoms with Crippen molar-refractivity contribution in [2.24, 2.45) is 5.41 Å². The first-order chi connectivity index (χ1) is 15.0. The molecule has 2 aromatic rings. The fourth-order valence-electron chi connectivity index (χ4n) is 4.23.